The Labute approximate surface area is 187 Å². The summed E-state index contributed by atoms with van der Waals surface area (Å²) in [6.07, 6.45) is 3.16. The highest BCUT2D eigenvalue weighted by atomic mass is 19.1. The largest absolute Gasteiger partial charge is 0.365 e. The first kappa shape index (κ1) is 20.5. The van der Waals surface area contributed by atoms with Gasteiger partial charge in [-0.3, -0.25) is 9.78 Å². The van der Waals surface area contributed by atoms with Crippen LogP contribution in [-0.2, 0) is 17.6 Å². The van der Waals surface area contributed by atoms with Crippen LogP contribution in [0.1, 0.15) is 11.3 Å². The molecule has 0 saturated carbocycles. The van der Waals surface area contributed by atoms with E-state index in [1.54, 1.807) is 12.3 Å². The zero-order chi connectivity index (χ0) is 21.9. The molecule has 5 nitrogen and oxygen atoms in total. The van der Waals surface area contributed by atoms with E-state index in [-0.39, 0.29) is 23.7 Å². The summed E-state index contributed by atoms with van der Waals surface area (Å²) in [5.41, 5.74) is 3.98. The van der Waals surface area contributed by atoms with Crippen molar-refractivity contribution in [2.75, 3.05) is 36.0 Å². The van der Waals surface area contributed by atoms with Crippen LogP contribution in [0.3, 0.4) is 0 Å². The second-order valence-corrected chi connectivity index (χ2v) is 8.46. The Hall–Kier alpha value is -3.41. The Balaban J connectivity index is 1.35. The molecule has 164 valence electrons. The average Bonchev–Trinajstić information content (AvgIpc) is 2.84. The van der Waals surface area contributed by atoms with Crippen LogP contribution < -0.4 is 15.1 Å². The SMILES string of the molecule is O=C(NCCc1ccccn1)[C@H]1Cc2ccccc2N2CCN(c3ccccc3F)C[C@@H]12. The minimum absolute atomic E-state index is 0.00638. The fourth-order valence-electron chi connectivity index (χ4n) is 4.98. The Bertz CT molecular complexity index is 1090. The van der Waals surface area contributed by atoms with E-state index in [1.807, 2.05) is 42.5 Å². The minimum Gasteiger partial charge on any atom is -0.365 e. The van der Waals surface area contributed by atoms with E-state index in [9.17, 15) is 9.18 Å². The van der Waals surface area contributed by atoms with E-state index in [4.69, 9.17) is 0 Å². The number of nitrogens with one attached hydrogen (secondary N) is 1. The number of carbonyl (C=O) groups excluding carboxylic acids is 1. The number of piperazine rings is 1. The molecule has 1 aromatic heterocycles. The van der Waals surface area contributed by atoms with Crippen LogP contribution in [0.5, 0.6) is 0 Å². The molecule has 32 heavy (non-hydrogen) atoms. The number of aromatic nitrogens is 1. The van der Waals surface area contributed by atoms with E-state index in [2.05, 4.69) is 32.2 Å². The summed E-state index contributed by atoms with van der Waals surface area (Å²) < 4.78 is 14.5. The number of amides is 1. The number of halogens is 1. The fraction of sp³-hybridized carbons (Fsp3) is 0.308. The lowest BCUT2D eigenvalue weighted by Gasteiger charge is -2.49. The van der Waals surface area contributed by atoms with Crippen molar-refractivity contribution in [3.8, 4) is 0 Å². The molecule has 2 aliphatic heterocycles. The zero-order valence-corrected chi connectivity index (χ0v) is 18.0. The van der Waals surface area contributed by atoms with Crippen molar-refractivity contribution in [1.29, 1.82) is 0 Å². The lowest BCUT2D eigenvalue weighted by atomic mass is 9.83. The molecule has 5 rings (SSSR count). The molecule has 3 heterocycles. The van der Waals surface area contributed by atoms with Crippen LogP contribution >= 0.6 is 0 Å². The van der Waals surface area contributed by atoms with Gasteiger partial charge < -0.3 is 15.1 Å². The highest BCUT2D eigenvalue weighted by Gasteiger charge is 2.41. The van der Waals surface area contributed by atoms with Crippen LogP contribution in [0.15, 0.2) is 72.9 Å². The summed E-state index contributed by atoms with van der Waals surface area (Å²) >= 11 is 0. The second kappa shape index (κ2) is 8.99. The van der Waals surface area contributed by atoms with Crippen LogP contribution in [0, 0.1) is 11.7 Å². The van der Waals surface area contributed by atoms with Crippen LogP contribution in [-0.4, -0.2) is 43.1 Å². The van der Waals surface area contributed by atoms with E-state index in [0.29, 0.717) is 31.6 Å². The molecule has 2 aliphatic rings. The summed E-state index contributed by atoms with van der Waals surface area (Å²) in [5.74, 6) is -0.349. The van der Waals surface area contributed by atoms with Gasteiger partial charge in [-0.1, -0.05) is 36.4 Å². The van der Waals surface area contributed by atoms with E-state index in [1.165, 1.54) is 17.3 Å². The lowest BCUT2D eigenvalue weighted by molar-refractivity contribution is -0.125. The van der Waals surface area contributed by atoms with Crippen molar-refractivity contribution in [1.82, 2.24) is 10.3 Å². The van der Waals surface area contributed by atoms with Crippen molar-refractivity contribution < 1.29 is 9.18 Å². The highest BCUT2D eigenvalue weighted by Crippen LogP contribution is 2.37. The number of benzene rings is 2. The Morgan fingerprint density at radius 3 is 2.59 bits per heavy atom. The van der Waals surface area contributed by atoms with E-state index >= 15 is 0 Å². The normalized spacial score (nSPS) is 19.8. The Kier molecular flexibility index (Phi) is 5.75. The number of rotatable bonds is 5. The summed E-state index contributed by atoms with van der Waals surface area (Å²) in [7, 11) is 0. The maximum Gasteiger partial charge on any atom is 0.225 e. The van der Waals surface area contributed by atoms with Gasteiger partial charge in [0, 0.05) is 50.2 Å². The third kappa shape index (κ3) is 4.05. The molecule has 1 amide bonds. The number of pyridine rings is 1. The van der Waals surface area contributed by atoms with Crippen LogP contribution in [0.2, 0.25) is 0 Å². The maximum absolute atomic E-state index is 14.5. The molecule has 0 spiro atoms. The Morgan fingerprint density at radius 2 is 1.78 bits per heavy atom. The molecular formula is C26H27FN4O. The van der Waals surface area contributed by atoms with Crippen molar-refractivity contribution >= 4 is 17.3 Å². The summed E-state index contributed by atoms with van der Waals surface area (Å²) in [4.78, 5) is 22.1. The lowest BCUT2D eigenvalue weighted by Crippen LogP contribution is -2.61. The zero-order valence-electron chi connectivity index (χ0n) is 18.0. The summed E-state index contributed by atoms with van der Waals surface area (Å²) in [6.45, 7) is 2.65. The quantitative estimate of drug-likeness (QED) is 0.674. The molecule has 2 atom stereocenters. The van der Waals surface area contributed by atoms with Crippen molar-refractivity contribution in [2.24, 2.45) is 5.92 Å². The number of para-hydroxylation sites is 2. The molecule has 3 aromatic rings. The Morgan fingerprint density at radius 1 is 1.00 bits per heavy atom. The summed E-state index contributed by atoms with van der Waals surface area (Å²) in [6, 6.07) is 21.0. The fourth-order valence-corrected chi connectivity index (χ4v) is 4.98. The summed E-state index contributed by atoms with van der Waals surface area (Å²) in [5, 5.41) is 3.13. The van der Waals surface area contributed by atoms with Gasteiger partial charge in [0.1, 0.15) is 5.82 Å². The third-order valence-electron chi connectivity index (χ3n) is 6.56. The van der Waals surface area contributed by atoms with E-state index < -0.39 is 0 Å². The average molecular weight is 431 g/mol. The number of nitrogens with zero attached hydrogens (tertiary/aromatic N) is 3. The van der Waals surface area contributed by atoms with Crippen molar-refractivity contribution in [2.45, 2.75) is 18.9 Å². The van der Waals surface area contributed by atoms with Gasteiger partial charge in [-0.05, 0) is 42.3 Å². The molecule has 0 radical (unpaired) electrons. The maximum atomic E-state index is 14.5. The van der Waals surface area contributed by atoms with Gasteiger partial charge >= 0.3 is 0 Å². The molecule has 0 bridgehead atoms. The first-order valence-electron chi connectivity index (χ1n) is 11.2. The van der Waals surface area contributed by atoms with Crippen molar-refractivity contribution in [3.05, 3.63) is 90.0 Å². The molecule has 6 heteroatoms. The van der Waals surface area contributed by atoms with Gasteiger partial charge in [0.25, 0.3) is 0 Å². The second-order valence-electron chi connectivity index (χ2n) is 8.46. The smallest absolute Gasteiger partial charge is 0.225 e. The molecule has 2 aromatic carbocycles. The van der Waals surface area contributed by atoms with Crippen LogP contribution in [0.25, 0.3) is 0 Å². The van der Waals surface area contributed by atoms with Crippen LogP contribution in [0.4, 0.5) is 15.8 Å². The van der Waals surface area contributed by atoms with Gasteiger partial charge in [-0.15, -0.1) is 0 Å². The first-order valence-corrected chi connectivity index (χ1v) is 11.2. The molecule has 1 N–H and O–H groups in total. The standard InChI is InChI=1S/C26H27FN4O/c27-22-9-2-4-11-24(22)30-15-16-31-23-10-3-1-7-19(23)17-21(25(31)18-30)26(32)29-14-12-20-8-5-6-13-28-20/h1-11,13,21,25H,12,14-18H2,(H,29,32)/t21-,25-/m0/s1. The molecule has 1 saturated heterocycles. The van der Waals surface area contributed by atoms with Crippen molar-refractivity contribution in [3.63, 3.8) is 0 Å². The number of carbonyl (C=O) groups is 1. The topological polar surface area (TPSA) is 48.5 Å². The van der Waals surface area contributed by atoms with Gasteiger partial charge in [-0.2, -0.15) is 0 Å². The number of hydrogen-bond donors (Lipinski definition) is 1. The van der Waals surface area contributed by atoms with E-state index in [0.717, 1.165) is 18.8 Å². The molecule has 0 unspecified atom stereocenters. The molecule has 0 aliphatic carbocycles. The predicted octanol–water partition coefficient (Wildman–Crippen LogP) is 3.45. The third-order valence-corrected chi connectivity index (χ3v) is 6.56. The monoisotopic (exact) mass is 430 g/mol. The predicted molar refractivity (Wildman–Crippen MR) is 124 cm³/mol. The van der Waals surface area contributed by atoms with Gasteiger partial charge in [0.05, 0.1) is 17.6 Å². The number of anilines is 2. The highest BCUT2D eigenvalue weighted by molar-refractivity contribution is 5.82. The minimum atomic E-state index is -0.214. The number of hydrogen-bond acceptors (Lipinski definition) is 4. The van der Waals surface area contributed by atoms with Gasteiger partial charge in [0.15, 0.2) is 0 Å². The molecule has 1 fully saturated rings. The first-order chi connectivity index (χ1) is 15.7. The van der Waals surface area contributed by atoms with Gasteiger partial charge in [0.2, 0.25) is 5.91 Å². The molecular weight excluding hydrogens is 403 g/mol. The number of fused-ring (bicyclic) bond motifs is 3. The van der Waals surface area contributed by atoms with Gasteiger partial charge in [-0.25, -0.2) is 4.39 Å².